The summed E-state index contributed by atoms with van der Waals surface area (Å²) in [6.45, 7) is 1.57. The molecule has 1 fully saturated rings. The Morgan fingerprint density at radius 3 is 2.83 bits per heavy atom. The molecule has 2 amide bonds. The second kappa shape index (κ2) is 7.54. The van der Waals surface area contributed by atoms with Crippen LogP contribution in [0.15, 0.2) is 36.4 Å². The molecule has 1 saturated heterocycles. The van der Waals surface area contributed by atoms with Gasteiger partial charge in [-0.05, 0) is 49.7 Å². The second-order valence-corrected chi connectivity index (χ2v) is 8.00. The van der Waals surface area contributed by atoms with Crippen LogP contribution in [0.1, 0.15) is 18.9 Å². The highest BCUT2D eigenvalue weighted by Crippen LogP contribution is 2.48. The summed E-state index contributed by atoms with van der Waals surface area (Å²) in [7, 11) is 1.46. The lowest BCUT2D eigenvalue weighted by Gasteiger charge is -2.29. The van der Waals surface area contributed by atoms with Crippen molar-refractivity contribution in [3.63, 3.8) is 0 Å². The first-order chi connectivity index (χ1) is 14.3. The summed E-state index contributed by atoms with van der Waals surface area (Å²) >= 11 is 6.05. The normalized spacial score (nSPS) is 25.7. The van der Waals surface area contributed by atoms with E-state index in [1.165, 1.54) is 25.3 Å². The van der Waals surface area contributed by atoms with Gasteiger partial charge >= 0.3 is 0 Å². The molecule has 2 aromatic carbocycles. The highest BCUT2D eigenvalue weighted by atomic mass is 35.5. The molecule has 0 unspecified atom stereocenters. The van der Waals surface area contributed by atoms with Crippen LogP contribution < -0.4 is 20.7 Å². The van der Waals surface area contributed by atoms with Crippen LogP contribution in [0, 0.1) is 11.7 Å². The van der Waals surface area contributed by atoms with E-state index in [9.17, 15) is 19.1 Å². The number of anilines is 2. The van der Waals surface area contributed by atoms with Crippen LogP contribution in [0.4, 0.5) is 15.8 Å². The van der Waals surface area contributed by atoms with Gasteiger partial charge in [0.2, 0.25) is 11.8 Å². The van der Waals surface area contributed by atoms with Gasteiger partial charge in [-0.1, -0.05) is 11.6 Å². The van der Waals surface area contributed by atoms with E-state index in [1.54, 1.807) is 25.1 Å². The first-order valence-corrected chi connectivity index (χ1v) is 9.85. The summed E-state index contributed by atoms with van der Waals surface area (Å²) < 4.78 is 19.3. The van der Waals surface area contributed by atoms with Crippen molar-refractivity contribution in [1.29, 1.82) is 0 Å². The third kappa shape index (κ3) is 3.21. The number of nitrogens with one attached hydrogen (secondary N) is 3. The van der Waals surface area contributed by atoms with Gasteiger partial charge in [-0.2, -0.15) is 0 Å². The average Bonchev–Trinajstić information content (AvgIpc) is 3.23. The molecule has 30 heavy (non-hydrogen) atoms. The number of hydrogen-bond donors (Lipinski definition) is 4. The van der Waals surface area contributed by atoms with Crippen LogP contribution in [0.25, 0.3) is 0 Å². The predicted octanol–water partition coefficient (Wildman–Crippen LogP) is 2.63. The molecule has 0 saturated carbocycles. The first-order valence-electron chi connectivity index (χ1n) is 9.48. The number of aliphatic hydroxyl groups is 1. The van der Waals surface area contributed by atoms with E-state index < -0.39 is 41.2 Å². The minimum Gasteiger partial charge on any atom is -0.495 e. The Balaban J connectivity index is 1.76. The van der Waals surface area contributed by atoms with Crippen LogP contribution in [0.3, 0.4) is 0 Å². The molecule has 4 N–H and O–H groups in total. The van der Waals surface area contributed by atoms with Gasteiger partial charge in [0.1, 0.15) is 17.1 Å². The van der Waals surface area contributed by atoms with E-state index in [0.717, 1.165) is 0 Å². The van der Waals surface area contributed by atoms with Crippen LogP contribution in [0.5, 0.6) is 5.75 Å². The van der Waals surface area contributed by atoms with E-state index in [1.807, 2.05) is 0 Å². The van der Waals surface area contributed by atoms with Gasteiger partial charge < -0.3 is 20.5 Å². The summed E-state index contributed by atoms with van der Waals surface area (Å²) in [5.41, 5.74) is -0.384. The maximum atomic E-state index is 14.1. The summed E-state index contributed by atoms with van der Waals surface area (Å²) in [6, 6.07) is 8.19. The Bertz CT molecular complexity index is 1030. The number of carbonyl (C=O) groups excluding carboxylic acids is 2. The number of amides is 2. The highest BCUT2D eigenvalue weighted by molar-refractivity contribution is 6.31. The van der Waals surface area contributed by atoms with Gasteiger partial charge in [-0.15, -0.1) is 0 Å². The first kappa shape index (κ1) is 20.6. The van der Waals surface area contributed by atoms with Crippen molar-refractivity contribution in [2.75, 3.05) is 17.7 Å². The molecule has 0 bridgehead atoms. The van der Waals surface area contributed by atoms with Gasteiger partial charge in [0.15, 0.2) is 0 Å². The standard InChI is InChI=1S/C21H21ClFN3O4/c1-10(27)16-9-14(19(28)24-17-7-11(22)3-6-18(17)30-2)21(26-16)13-8-12(23)4-5-15(13)25-20(21)29/h3-8,10,14,16,26-27H,9H2,1-2H3,(H,24,28)(H,25,29)/t10-,14-,16-,21+/m1/s1. The van der Waals surface area contributed by atoms with Crippen molar-refractivity contribution in [1.82, 2.24) is 5.32 Å². The quantitative estimate of drug-likeness (QED) is 0.594. The van der Waals surface area contributed by atoms with Gasteiger partial charge in [-0.3, -0.25) is 14.9 Å². The van der Waals surface area contributed by atoms with Crippen LogP contribution in [0.2, 0.25) is 5.02 Å². The summed E-state index contributed by atoms with van der Waals surface area (Å²) in [4.78, 5) is 26.4. The van der Waals surface area contributed by atoms with E-state index in [-0.39, 0.29) is 6.42 Å². The lowest BCUT2D eigenvalue weighted by Crippen LogP contribution is -2.53. The molecular formula is C21H21ClFN3O4. The number of methoxy groups -OCH3 is 1. The topological polar surface area (TPSA) is 99.7 Å². The maximum Gasteiger partial charge on any atom is 0.250 e. The van der Waals surface area contributed by atoms with Crippen LogP contribution in [-0.2, 0) is 15.1 Å². The monoisotopic (exact) mass is 433 g/mol. The van der Waals surface area contributed by atoms with Gasteiger partial charge in [0.25, 0.3) is 0 Å². The Labute approximate surface area is 177 Å². The van der Waals surface area contributed by atoms with E-state index in [0.29, 0.717) is 27.7 Å². The number of fused-ring (bicyclic) bond motifs is 2. The minimum absolute atomic E-state index is 0.176. The van der Waals surface area contributed by atoms with Crippen molar-refractivity contribution in [3.8, 4) is 5.75 Å². The molecule has 2 aliphatic heterocycles. The molecule has 2 heterocycles. The lowest BCUT2D eigenvalue weighted by atomic mass is 9.79. The molecule has 0 aromatic heterocycles. The second-order valence-electron chi connectivity index (χ2n) is 7.57. The SMILES string of the molecule is COc1ccc(Cl)cc1NC(=O)[C@H]1C[C@H]([C@@H](C)O)N[C@]12C(=O)Nc1ccc(F)cc12. The molecule has 4 rings (SSSR count). The molecule has 9 heteroatoms. The van der Waals surface area contributed by atoms with Crippen LogP contribution >= 0.6 is 11.6 Å². The fourth-order valence-electron chi connectivity index (χ4n) is 4.29. The molecule has 158 valence electrons. The van der Waals surface area contributed by atoms with E-state index in [4.69, 9.17) is 16.3 Å². The Kier molecular flexibility index (Phi) is 5.17. The number of aliphatic hydroxyl groups excluding tert-OH is 1. The molecule has 2 aliphatic rings. The van der Waals surface area contributed by atoms with Crippen molar-refractivity contribution in [2.45, 2.75) is 31.0 Å². The van der Waals surface area contributed by atoms with Gasteiger partial charge in [-0.25, -0.2) is 4.39 Å². The lowest BCUT2D eigenvalue weighted by molar-refractivity contribution is -0.130. The Morgan fingerprint density at radius 1 is 1.37 bits per heavy atom. The molecule has 1 spiro atoms. The van der Waals surface area contributed by atoms with Crippen molar-refractivity contribution < 1.29 is 23.8 Å². The van der Waals surface area contributed by atoms with Gasteiger partial charge in [0.05, 0.1) is 24.8 Å². The number of benzene rings is 2. The molecular weight excluding hydrogens is 413 g/mol. The smallest absolute Gasteiger partial charge is 0.250 e. The molecule has 0 aliphatic carbocycles. The average molecular weight is 434 g/mol. The Morgan fingerprint density at radius 2 is 2.13 bits per heavy atom. The third-order valence-corrected chi connectivity index (χ3v) is 5.99. The van der Waals surface area contributed by atoms with Crippen molar-refractivity contribution >= 4 is 34.8 Å². The van der Waals surface area contributed by atoms with Gasteiger partial charge in [0, 0.05) is 22.3 Å². The number of hydrogen-bond acceptors (Lipinski definition) is 5. The highest BCUT2D eigenvalue weighted by Gasteiger charge is 2.60. The van der Waals surface area contributed by atoms with Crippen molar-refractivity contribution in [2.24, 2.45) is 5.92 Å². The summed E-state index contributed by atoms with van der Waals surface area (Å²) in [5.74, 6) is -1.98. The third-order valence-electron chi connectivity index (χ3n) is 5.76. The minimum atomic E-state index is -1.50. The maximum absolute atomic E-state index is 14.1. The van der Waals surface area contributed by atoms with Crippen molar-refractivity contribution in [3.05, 3.63) is 52.8 Å². The van der Waals surface area contributed by atoms with Crippen LogP contribution in [-0.4, -0.2) is 36.2 Å². The predicted molar refractivity (Wildman–Crippen MR) is 110 cm³/mol. The zero-order chi connectivity index (χ0) is 21.6. The van der Waals surface area contributed by atoms with E-state index in [2.05, 4.69) is 16.0 Å². The fraction of sp³-hybridized carbons (Fsp3) is 0.333. The summed E-state index contributed by atoms with van der Waals surface area (Å²) in [5, 5.41) is 19.2. The number of halogens is 2. The molecule has 2 aromatic rings. The molecule has 4 atom stereocenters. The number of carbonyl (C=O) groups is 2. The Hall–Kier alpha value is -2.68. The zero-order valence-electron chi connectivity index (χ0n) is 16.3. The number of rotatable bonds is 4. The number of ether oxygens (including phenoxy) is 1. The van der Waals surface area contributed by atoms with E-state index >= 15 is 0 Å². The fourth-order valence-corrected chi connectivity index (χ4v) is 4.46. The molecule has 7 nitrogen and oxygen atoms in total. The molecule has 0 radical (unpaired) electrons. The summed E-state index contributed by atoms with van der Waals surface area (Å²) in [6.07, 6.45) is -0.652. The largest absolute Gasteiger partial charge is 0.495 e. The zero-order valence-corrected chi connectivity index (χ0v) is 17.1.